The fourth-order valence-corrected chi connectivity index (χ4v) is 2.93. The molecule has 0 atom stereocenters. The van der Waals surface area contributed by atoms with E-state index in [0.29, 0.717) is 26.2 Å². The molecule has 1 saturated heterocycles. The molecule has 0 saturated carbocycles. The summed E-state index contributed by atoms with van der Waals surface area (Å²) in [5.74, 6) is 0. The number of piperidine rings is 1. The first kappa shape index (κ1) is 14.8. The van der Waals surface area contributed by atoms with Crippen LogP contribution in [0.15, 0.2) is 0 Å². The Kier molecular flexibility index (Phi) is 5.81. The van der Waals surface area contributed by atoms with Crippen molar-refractivity contribution in [1.82, 2.24) is 8.61 Å². The zero-order chi connectivity index (χ0) is 12.9. The monoisotopic (exact) mass is 265 g/mol. The molecule has 7 heteroatoms. The van der Waals surface area contributed by atoms with E-state index in [1.165, 1.54) is 8.61 Å². The molecule has 0 aliphatic carbocycles. The van der Waals surface area contributed by atoms with Crippen LogP contribution in [0.3, 0.4) is 0 Å². The summed E-state index contributed by atoms with van der Waals surface area (Å²) in [5.41, 5.74) is 5.38. The maximum Gasteiger partial charge on any atom is 0.281 e. The van der Waals surface area contributed by atoms with Crippen LogP contribution < -0.4 is 5.73 Å². The van der Waals surface area contributed by atoms with E-state index in [0.717, 1.165) is 19.3 Å². The van der Waals surface area contributed by atoms with E-state index in [4.69, 9.17) is 10.5 Å². The van der Waals surface area contributed by atoms with Gasteiger partial charge in [0.15, 0.2) is 0 Å². The molecule has 0 unspecified atom stereocenters. The van der Waals surface area contributed by atoms with Crippen molar-refractivity contribution < 1.29 is 13.2 Å². The predicted molar refractivity (Wildman–Crippen MR) is 66.8 cm³/mol. The summed E-state index contributed by atoms with van der Waals surface area (Å²) in [5, 5.41) is 0. The van der Waals surface area contributed by atoms with Gasteiger partial charge in [-0.05, 0) is 25.8 Å². The lowest BCUT2D eigenvalue weighted by atomic mass is 10.1. The van der Waals surface area contributed by atoms with Crippen molar-refractivity contribution >= 4 is 10.2 Å². The van der Waals surface area contributed by atoms with Crippen LogP contribution in [-0.4, -0.2) is 63.5 Å². The van der Waals surface area contributed by atoms with Gasteiger partial charge in [-0.2, -0.15) is 17.0 Å². The molecule has 102 valence electrons. The molecule has 1 heterocycles. The number of nitrogens with two attached hydrogens (primary N) is 1. The minimum absolute atomic E-state index is 0.176. The lowest BCUT2D eigenvalue weighted by Gasteiger charge is -2.32. The number of ether oxygens (including phenoxy) is 1. The highest BCUT2D eigenvalue weighted by atomic mass is 32.2. The Hall–Kier alpha value is -0.210. The minimum Gasteiger partial charge on any atom is -0.378 e. The molecule has 1 fully saturated rings. The molecule has 0 aromatic rings. The largest absolute Gasteiger partial charge is 0.378 e. The Morgan fingerprint density at radius 2 is 1.94 bits per heavy atom. The third-order valence-electron chi connectivity index (χ3n) is 2.89. The van der Waals surface area contributed by atoms with E-state index in [9.17, 15) is 8.42 Å². The van der Waals surface area contributed by atoms with Crippen molar-refractivity contribution in [1.29, 1.82) is 0 Å². The maximum absolute atomic E-state index is 11.8. The first-order valence-corrected chi connectivity index (χ1v) is 7.37. The van der Waals surface area contributed by atoms with Crippen LogP contribution in [0, 0.1) is 0 Å². The number of nitrogens with zero attached hydrogens (tertiary/aromatic N) is 2. The second-order valence-corrected chi connectivity index (χ2v) is 6.54. The minimum atomic E-state index is -3.26. The van der Waals surface area contributed by atoms with E-state index in [1.54, 1.807) is 14.1 Å². The molecular formula is C10H23N3O3S. The number of hydrogen-bond donors (Lipinski definition) is 1. The van der Waals surface area contributed by atoms with E-state index in [1.807, 2.05) is 0 Å². The fraction of sp³-hybridized carbons (Fsp3) is 1.00. The fourth-order valence-electron chi connectivity index (χ4n) is 1.79. The number of hydrogen-bond acceptors (Lipinski definition) is 4. The highest BCUT2D eigenvalue weighted by Gasteiger charge is 2.29. The van der Waals surface area contributed by atoms with Gasteiger partial charge in [0, 0.05) is 33.8 Å². The van der Waals surface area contributed by atoms with Gasteiger partial charge in [0.25, 0.3) is 10.2 Å². The van der Waals surface area contributed by atoms with Crippen LogP contribution in [0.4, 0.5) is 0 Å². The van der Waals surface area contributed by atoms with Gasteiger partial charge in [0.05, 0.1) is 6.10 Å². The van der Waals surface area contributed by atoms with Gasteiger partial charge < -0.3 is 10.5 Å². The molecule has 6 nitrogen and oxygen atoms in total. The molecule has 0 radical (unpaired) electrons. The Bertz CT molecular complexity index is 311. The molecule has 1 aliphatic heterocycles. The topological polar surface area (TPSA) is 75.9 Å². The molecular weight excluding hydrogens is 242 g/mol. The second kappa shape index (κ2) is 6.65. The Balaban J connectivity index is 2.36. The van der Waals surface area contributed by atoms with Crippen LogP contribution in [0.25, 0.3) is 0 Å². The van der Waals surface area contributed by atoms with Gasteiger partial charge in [0.2, 0.25) is 0 Å². The van der Waals surface area contributed by atoms with Crippen LogP contribution in [0.1, 0.15) is 19.3 Å². The van der Waals surface area contributed by atoms with Crippen LogP contribution in [-0.2, 0) is 14.9 Å². The third-order valence-corrected chi connectivity index (χ3v) is 4.83. The van der Waals surface area contributed by atoms with Gasteiger partial charge in [-0.15, -0.1) is 0 Å². The summed E-state index contributed by atoms with van der Waals surface area (Å²) in [6, 6.07) is 0. The van der Waals surface area contributed by atoms with Crippen molar-refractivity contribution in [2.45, 2.75) is 25.4 Å². The van der Waals surface area contributed by atoms with Gasteiger partial charge in [-0.3, -0.25) is 0 Å². The van der Waals surface area contributed by atoms with Crippen molar-refractivity contribution in [3.63, 3.8) is 0 Å². The second-order valence-electron chi connectivity index (χ2n) is 4.40. The summed E-state index contributed by atoms with van der Waals surface area (Å²) in [6.45, 7) is 2.37. The van der Waals surface area contributed by atoms with E-state index in [2.05, 4.69) is 0 Å². The summed E-state index contributed by atoms with van der Waals surface area (Å²) in [6.07, 6.45) is 2.56. The summed E-state index contributed by atoms with van der Waals surface area (Å²) < 4.78 is 32.1. The molecule has 2 N–H and O–H groups in total. The van der Waals surface area contributed by atoms with Gasteiger partial charge in [0.1, 0.15) is 0 Å². The third kappa shape index (κ3) is 4.18. The van der Waals surface area contributed by atoms with E-state index >= 15 is 0 Å². The zero-order valence-electron chi connectivity index (χ0n) is 10.6. The van der Waals surface area contributed by atoms with Crippen molar-refractivity contribution in [2.24, 2.45) is 5.73 Å². The van der Waals surface area contributed by atoms with Crippen molar-refractivity contribution in [2.75, 3.05) is 40.3 Å². The normalized spacial score (nSPS) is 20.0. The SMILES string of the molecule is CN(C)S(=O)(=O)N1CCC(OCCCN)CC1. The first-order chi connectivity index (χ1) is 7.98. The quantitative estimate of drug-likeness (QED) is 0.664. The molecule has 1 rings (SSSR count). The van der Waals surface area contributed by atoms with Crippen LogP contribution in [0.5, 0.6) is 0 Å². The Labute approximate surface area is 104 Å². The van der Waals surface area contributed by atoms with Gasteiger partial charge in [-0.1, -0.05) is 0 Å². The average Bonchev–Trinajstić information content (AvgIpc) is 2.30. The van der Waals surface area contributed by atoms with Crippen LogP contribution >= 0.6 is 0 Å². The molecule has 0 bridgehead atoms. The average molecular weight is 265 g/mol. The summed E-state index contributed by atoms with van der Waals surface area (Å²) >= 11 is 0. The predicted octanol–water partition coefficient (Wildman–Crippen LogP) is -0.377. The standard InChI is InChI=1S/C10H23N3O3S/c1-12(2)17(14,15)13-7-4-10(5-8-13)16-9-3-6-11/h10H,3-9,11H2,1-2H3. The van der Waals surface area contributed by atoms with Crippen molar-refractivity contribution in [3.8, 4) is 0 Å². The molecule has 0 aromatic carbocycles. The Morgan fingerprint density at radius 3 is 2.41 bits per heavy atom. The van der Waals surface area contributed by atoms with E-state index < -0.39 is 10.2 Å². The smallest absolute Gasteiger partial charge is 0.281 e. The molecule has 17 heavy (non-hydrogen) atoms. The molecule has 0 aromatic heterocycles. The highest BCUT2D eigenvalue weighted by molar-refractivity contribution is 7.86. The zero-order valence-corrected chi connectivity index (χ0v) is 11.4. The molecule has 0 spiro atoms. The van der Waals surface area contributed by atoms with Gasteiger partial charge >= 0.3 is 0 Å². The molecule has 0 amide bonds. The lowest BCUT2D eigenvalue weighted by molar-refractivity contribution is 0.0203. The number of rotatable bonds is 6. The highest BCUT2D eigenvalue weighted by Crippen LogP contribution is 2.17. The Morgan fingerprint density at radius 1 is 1.35 bits per heavy atom. The van der Waals surface area contributed by atoms with Crippen LogP contribution in [0.2, 0.25) is 0 Å². The lowest BCUT2D eigenvalue weighted by Crippen LogP contribution is -2.45. The maximum atomic E-state index is 11.8. The molecule has 1 aliphatic rings. The van der Waals surface area contributed by atoms with E-state index in [-0.39, 0.29) is 6.10 Å². The summed E-state index contributed by atoms with van der Waals surface area (Å²) in [4.78, 5) is 0. The first-order valence-electron chi connectivity index (χ1n) is 5.97. The van der Waals surface area contributed by atoms with Crippen molar-refractivity contribution in [3.05, 3.63) is 0 Å². The summed E-state index contributed by atoms with van der Waals surface area (Å²) in [7, 11) is -0.148. The van der Waals surface area contributed by atoms with Gasteiger partial charge in [-0.25, -0.2) is 0 Å².